The molecule has 9 atom stereocenters. The average Bonchev–Trinajstić information content (AvgIpc) is 1.79. The van der Waals surface area contributed by atoms with Gasteiger partial charge >= 0.3 is 6.09 Å². The van der Waals surface area contributed by atoms with Crippen molar-refractivity contribution in [3.8, 4) is 0 Å². The fourth-order valence-electron chi connectivity index (χ4n) is 14.0. The first-order chi connectivity index (χ1) is 58.1. The Labute approximate surface area is 716 Å². The standard InChI is InChI=1S/C88H115N15O15S3/c1-6-60(5)77(100-81(110)69(50-62-29-15-8-16-30-62)97-79(108)68(49-61-27-13-7-14-28-61)95-74(105)52-88(43-23-12-24-44-88)120-56-65-35-21-11-22-36-65)84(113)98-70(51-73(89)104)80(109)99-71(57-119-55-64-33-19-10-20-34-64)85(114)103-48-26-38-72(103)82(111)96-67(37-25-45-93-86(90)102-121(116,117)66-41-39-59(4)40-42-66)78(107)94-53-75(106)91-46-47-92-83(112)76(58(2)3)101-87(115)118-54-63-31-17-9-18-32-63/h7-11,13-22,27-36,39-42,58,60,67-72,76-77H,6,12,23-26,37-38,43-57H2,1-5H3,(H2,89,104)(H,91,106)(H,92,112)(H,94,107)(H,95,105)(H,96,111)(H,97,108)(H,98,113)(H,99,109)(H,100,110)(H,101,115)(H3,90,93,102)/t60?,67-,68+,69-,70-,71-,72-,76-,77-/m0/s1. The number of aryl methyl sites for hydroxylation is 1. The third-order valence-corrected chi connectivity index (χ3v) is 25.1. The van der Waals surface area contributed by atoms with Gasteiger partial charge in [0.25, 0.3) is 10.0 Å². The molecule has 2 fully saturated rings. The van der Waals surface area contributed by atoms with Crippen LogP contribution in [0, 0.1) is 24.2 Å². The molecule has 6 aromatic rings. The molecule has 33 heteroatoms. The Kier molecular flexibility index (Phi) is 38.4. The molecule has 6 aromatic carbocycles. The average molecular weight is 1720 g/mol. The van der Waals surface area contributed by atoms with Crippen LogP contribution >= 0.6 is 23.5 Å². The maximum atomic E-state index is 15.3. The van der Waals surface area contributed by atoms with Gasteiger partial charge in [-0.2, -0.15) is 11.8 Å². The molecule has 0 bridgehead atoms. The van der Waals surface area contributed by atoms with Crippen molar-refractivity contribution < 1.29 is 70.7 Å². The van der Waals surface area contributed by atoms with Gasteiger partial charge < -0.3 is 73.9 Å². The number of sulfonamides is 1. The molecule has 121 heavy (non-hydrogen) atoms. The van der Waals surface area contributed by atoms with Crippen LogP contribution < -0.4 is 68.9 Å². The molecule has 1 aliphatic heterocycles. The minimum atomic E-state index is -4.18. The van der Waals surface area contributed by atoms with Crippen molar-refractivity contribution in [1.29, 1.82) is 5.41 Å². The van der Waals surface area contributed by atoms with Crippen LogP contribution in [0.15, 0.2) is 181 Å². The zero-order valence-corrected chi connectivity index (χ0v) is 71.6. The summed E-state index contributed by atoms with van der Waals surface area (Å²) in [5.74, 6) is -8.99. The monoisotopic (exact) mass is 1720 g/mol. The van der Waals surface area contributed by atoms with Crippen LogP contribution in [0.2, 0.25) is 0 Å². The number of hydrogen-bond donors (Lipinski definition) is 14. The SMILES string of the molecule is CCC(C)[C@H](NC(=O)[C@H](Cc1ccccc1)NC(=O)[C@@H](Cc1ccccc1)NC(=O)CC1(SCc2ccccc2)CCCCC1)C(=O)N[C@@H](CC(N)=O)C(=O)N[C@@H](CSCc1ccccc1)C(=O)N1CCC[C@H]1C(=O)N[C@@H](CCCNC(=N)NS(=O)(=O)c1ccc(C)cc1)C(=O)NCC(=O)NCCNC(=O)[C@@H](NC(=O)OCc1ccccc1)C(C)C. The van der Waals surface area contributed by atoms with E-state index in [0.717, 1.165) is 59.9 Å². The molecule has 1 saturated heterocycles. The quantitative estimate of drug-likeness (QED) is 0.0116. The number of nitrogens with zero attached hydrogens (tertiary/aromatic N) is 1. The van der Waals surface area contributed by atoms with Gasteiger partial charge in [-0.1, -0.05) is 223 Å². The van der Waals surface area contributed by atoms with Crippen LogP contribution in [0.3, 0.4) is 0 Å². The van der Waals surface area contributed by atoms with Crippen molar-refractivity contribution in [1.82, 2.24) is 68.1 Å². The van der Waals surface area contributed by atoms with E-state index in [1.54, 1.807) is 113 Å². The molecule has 1 unspecified atom stereocenters. The van der Waals surface area contributed by atoms with E-state index >= 15 is 9.59 Å². The Morgan fingerprint density at radius 2 is 1.07 bits per heavy atom. The molecule has 15 N–H and O–H groups in total. The van der Waals surface area contributed by atoms with Gasteiger partial charge in [-0.3, -0.25) is 58.1 Å². The number of hydrogen-bond acceptors (Lipinski definition) is 18. The number of ether oxygens (including phenoxy) is 1. The smallest absolute Gasteiger partial charge is 0.408 e. The summed E-state index contributed by atoms with van der Waals surface area (Å²) in [5.41, 5.74) is 10.8. The van der Waals surface area contributed by atoms with E-state index in [1.807, 2.05) is 84.9 Å². The lowest BCUT2D eigenvalue weighted by Crippen LogP contribution is -2.62. The molecule has 30 nitrogen and oxygen atoms in total. The zero-order chi connectivity index (χ0) is 87.3. The van der Waals surface area contributed by atoms with Crippen LogP contribution in [-0.4, -0.2) is 182 Å². The number of amides is 12. The van der Waals surface area contributed by atoms with Crippen molar-refractivity contribution in [2.75, 3.05) is 38.5 Å². The van der Waals surface area contributed by atoms with Gasteiger partial charge in [0.2, 0.25) is 70.9 Å². The van der Waals surface area contributed by atoms with Crippen molar-refractivity contribution in [3.05, 3.63) is 209 Å². The van der Waals surface area contributed by atoms with Crippen molar-refractivity contribution in [3.63, 3.8) is 0 Å². The zero-order valence-electron chi connectivity index (χ0n) is 69.2. The summed E-state index contributed by atoms with van der Waals surface area (Å²) in [6, 6.07) is 41.5. The third kappa shape index (κ3) is 32.0. The Hall–Kier alpha value is -11.3. The molecule has 0 radical (unpaired) electrons. The van der Waals surface area contributed by atoms with E-state index in [0.29, 0.717) is 23.5 Å². The lowest BCUT2D eigenvalue weighted by Gasteiger charge is -2.37. The highest BCUT2D eigenvalue weighted by molar-refractivity contribution is 8.00. The van der Waals surface area contributed by atoms with Gasteiger partial charge in [0, 0.05) is 67.4 Å². The molecule has 1 aliphatic carbocycles. The van der Waals surface area contributed by atoms with Crippen molar-refractivity contribution in [2.24, 2.45) is 17.6 Å². The van der Waals surface area contributed by atoms with E-state index in [9.17, 15) is 56.4 Å². The van der Waals surface area contributed by atoms with Gasteiger partial charge in [-0.05, 0) is 97.2 Å². The maximum Gasteiger partial charge on any atom is 0.408 e. The molecule has 2 aliphatic rings. The third-order valence-electron chi connectivity index (χ3n) is 20.9. The summed E-state index contributed by atoms with van der Waals surface area (Å²) in [5, 5.41) is 38.4. The first-order valence-electron chi connectivity index (χ1n) is 41.1. The summed E-state index contributed by atoms with van der Waals surface area (Å²) >= 11 is 3.02. The first-order valence-corrected chi connectivity index (χ1v) is 44.7. The second kappa shape index (κ2) is 48.8. The van der Waals surface area contributed by atoms with Gasteiger partial charge in [0.15, 0.2) is 0 Å². The number of thioether (sulfide) groups is 2. The van der Waals surface area contributed by atoms with Gasteiger partial charge in [0.1, 0.15) is 54.9 Å². The molecule has 0 aromatic heterocycles. The molecule has 1 saturated carbocycles. The van der Waals surface area contributed by atoms with E-state index in [-0.39, 0.29) is 105 Å². The molecule has 650 valence electrons. The number of alkyl carbamates (subject to hydrolysis) is 1. The largest absolute Gasteiger partial charge is 0.445 e. The number of carbonyl (C=O) groups is 12. The number of primary amides is 1. The van der Waals surface area contributed by atoms with Crippen LogP contribution in [-0.2, 0) is 98.5 Å². The topological polar surface area (TPSA) is 446 Å². The second-order valence-corrected chi connectivity index (χ2v) is 35.0. The summed E-state index contributed by atoms with van der Waals surface area (Å²) in [4.78, 5) is 172. The van der Waals surface area contributed by atoms with E-state index in [4.69, 9.17) is 15.9 Å². The number of rotatable bonds is 46. The molecular formula is C88H115N15O15S3. The van der Waals surface area contributed by atoms with Crippen LogP contribution in [0.4, 0.5) is 4.79 Å². The Balaban J connectivity index is 0.957. The lowest BCUT2D eigenvalue weighted by atomic mass is 9.85. The van der Waals surface area contributed by atoms with Gasteiger partial charge in [-0.25, -0.2) is 17.9 Å². The summed E-state index contributed by atoms with van der Waals surface area (Å²) in [7, 11) is -4.18. The lowest BCUT2D eigenvalue weighted by molar-refractivity contribution is -0.142. The molecule has 8 rings (SSSR count). The molecular weight excluding hydrogens is 1600 g/mol. The number of benzene rings is 6. The van der Waals surface area contributed by atoms with Crippen molar-refractivity contribution >= 4 is 111 Å². The summed E-state index contributed by atoms with van der Waals surface area (Å²) in [6.07, 6.45) is 3.73. The minimum absolute atomic E-state index is 0.00813. The highest BCUT2D eigenvalue weighted by Crippen LogP contribution is 2.44. The predicted octanol–water partition coefficient (Wildman–Crippen LogP) is 6.14. The van der Waals surface area contributed by atoms with E-state index in [1.165, 1.54) is 28.8 Å². The predicted molar refractivity (Wildman–Crippen MR) is 465 cm³/mol. The van der Waals surface area contributed by atoms with Gasteiger partial charge in [-0.15, -0.1) is 11.8 Å². The normalized spacial score (nSPS) is 15.6. The van der Waals surface area contributed by atoms with Crippen LogP contribution in [0.1, 0.15) is 138 Å². The number of guanidine groups is 1. The minimum Gasteiger partial charge on any atom is -0.445 e. The van der Waals surface area contributed by atoms with E-state index < -0.39 is 148 Å². The van der Waals surface area contributed by atoms with Gasteiger partial charge in [0.05, 0.1) is 17.9 Å². The Bertz CT molecular complexity index is 4540. The first kappa shape index (κ1) is 95.2. The number of carbonyl (C=O) groups excluding carboxylic acids is 12. The second-order valence-electron chi connectivity index (χ2n) is 30.8. The molecule has 0 spiro atoms. The Morgan fingerprint density at radius 1 is 0.537 bits per heavy atom. The maximum absolute atomic E-state index is 15.3. The molecule has 1 heterocycles. The summed E-state index contributed by atoms with van der Waals surface area (Å²) in [6.45, 7) is 7.78. The number of nitrogens with two attached hydrogens (primary N) is 1. The number of nitrogens with one attached hydrogen (secondary N) is 13. The number of likely N-dealkylation sites (tertiary alicyclic amines) is 1. The highest BCUT2D eigenvalue weighted by Gasteiger charge is 2.42. The summed E-state index contributed by atoms with van der Waals surface area (Å²) < 4.78 is 33.3. The highest BCUT2D eigenvalue weighted by atomic mass is 32.2. The fourth-order valence-corrected chi connectivity index (χ4v) is 17.5. The van der Waals surface area contributed by atoms with Crippen LogP contribution in [0.5, 0.6) is 0 Å². The van der Waals surface area contributed by atoms with E-state index in [2.05, 4.69) is 75.3 Å². The van der Waals surface area contributed by atoms with Crippen molar-refractivity contribution in [2.45, 2.75) is 201 Å². The molecule has 12 amide bonds. The van der Waals surface area contributed by atoms with Crippen LogP contribution in [0.25, 0.3) is 0 Å². The Morgan fingerprint density at radius 3 is 1.66 bits per heavy atom. The fraction of sp³-hybridized carbons (Fsp3) is 0.443.